The van der Waals surface area contributed by atoms with Crippen molar-refractivity contribution in [2.24, 2.45) is 0 Å². The van der Waals surface area contributed by atoms with E-state index in [1.54, 1.807) is 6.20 Å². The van der Waals surface area contributed by atoms with Crippen molar-refractivity contribution >= 4 is 21.6 Å². The lowest BCUT2D eigenvalue weighted by atomic mass is 10.1. The average Bonchev–Trinajstić information content (AvgIpc) is 2.89. The zero-order valence-corrected chi connectivity index (χ0v) is 12.4. The molecule has 0 saturated carbocycles. The van der Waals surface area contributed by atoms with E-state index in [1.165, 1.54) is 32.4 Å². The van der Waals surface area contributed by atoms with E-state index in [0.717, 1.165) is 22.4 Å². The van der Waals surface area contributed by atoms with E-state index in [2.05, 4.69) is 37.4 Å². The molecule has 3 heterocycles. The molecule has 0 aromatic carbocycles. The molecule has 2 aliphatic rings. The van der Waals surface area contributed by atoms with Crippen molar-refractivity contribution < 1.29 is 4.84 Å². The van der Waals surface area contributed by atoms with E-state index in [0.29, 0.717) is 0 Å². The molecular weight excluding hydrogens is 306 g/mol. The average molecular weight is 324 g/mol. The summed E-state index contributed by atoms with van der Waals surface area (Å²) in [6, 6.07) is 3.97. The van der Waals surface area contributed by atoms with Gasteiger partial charge in [0.25, 0.3) is 0 Å². The standard InChI is InChI=1S/C14H18BrN3O/c15-11-4-5-13(16-9-11)14-8-12(19-17-14)10-18-6-2-1-3-7-18/h4-5,8-9,12,17H,1-3,6-7,10H2/t12-/m0/s1. The van der Waals surface area contributed by atoms with Gasteiger partial charge in [0.1, 0.15) is 6.10 Å². The monoisotopic (exact) mass is 323 g/mol. The Bertz CT molecular complexity index is 454. The fourth-order valence-corrected chi connectivity index (χ4v) is 2.79. The van der Waals surface area contributed by atoms with Gasteiger partial charge in [-0.05, 0) is 60.1 Å². The van der Waals surface area contributed by atoms with Crippen molar-refractivity contribution in [3.63, 3.8) is 0 Å². The molecule has 2 aliphatic heterocycles. The van der Waals surface area contributed by atoms with Crippen LogP contribution in [0.15, 0.2) is 28.9 Å². The summed E-state index contributed by atoms with van der Waals surface area (Å²) in [5.74, 6) is 0. The lowest BCUT2D eigenvalue weighted by Crippen LogP contribution is -2.36. The summed E-state index contributed by atoms with van der Waals surface area (Å²) in [7, 11) is 0. The second kappa shape index (κ2) is 6.03. The number of hydrogen-bond donors (Lipinski definition) is 1. The molecule has 1 saturated heterocycles. The van der Waals surface area contributed by atoms with Gasteiger partial charge < -0.3 is 4.90 Å². The summed E-state index contributed by atoms with van der Waals surface area (Å²) in [5.41, 5.74) is 4.88. The first-order chi connectivity index (χ1) is 9.31. The van der Waals surface area contributed by atoms with Crippen molar-refractivity contribution in [2.45, 2.75) is 25.4 Å². The Morgan fingerprint density at radius 3 is 2.89 bits per heavy atom. The number of pyridine rings is 1. The third kappa shape index (κ3) is 3.35. The molecule has 1 aromatic heterocycles. The molecule has 19 heavy (non-hydrogen) atoms. The van der Waals surface area contributed by atoms with Gasteiger partial charge in [-0.15, -0.1) is 0 Å². The number of aromatic nitrogens is 1. The van der Waals surface area contributed by atoms with Crippen molar-refractivity contribution in [1.29, 1.82) is 0 Å². The van der Waals surface area contributed by atoms with Crippen LogP contribution in [0.2, 0.25) is 0 Å². The zero-order valence-electron chi connectivity index (χ0n) is 10.8. The lowest BCUT2D eigenvalue weighted by molar-refractivity contribution is 0.0247. The number of hydroxylamine groups is 1. The second-order valence-electron chi connectivity index (χ2n) is 5.06. The van der Waals surface area contributed by atoms with Gasteiger partial charge in [-0.1, -0.05) is 6.42 Å². The minimum absolute atomic E-state index is 0.124. The van der Waals surface area contributed by atoms with Crippen molar-refractivity contribution in [2.75, 3.05) is 19.6 Å². The van der Waals surface area contributed by atoms with Gasteiger partial charge in [0, 0.05) is 17.2 Å². The highest BCUT2D eigenvalue weighted by molar-refractivity contribution is 9.10. The maximum atomic E-state index is 5.62. The van der Waals surface area contributed by atoms with Crippen LogP contribution < -0.4 is 5.48 Å². The van der Waals surface area contributed by atoms with E-state index >= 15 is 0 Å². The summed E-state index contributed by atoms with van der Waals surface area (Å²) in [4.78, 5) is 12.5. The molecule has 0 unspecified atom stereocenters. The van der Waals surface area contributed by atoms with Crippen LogP contribution in [0.4, 0.5) is 0 Å². The van der Waals surface area contributed by atoms with Crippen molar-refractivity contribution in [3.8, 4) is 0 Å². The number of halogens is 1. The molecule has 0 spiro atoms. The Labute approximate surface area is 121 Å². The van der Waals surface area contributed by atoms with Crippen LogP contribution in [0.3, 0.4) is 0 Å². The minimum Gasteiger partial charge on any atom is -0.300 e. The summed E-state index contributed by atoms with van der Waals surface area (Å²) >= 11 is 3.39. The topological polar surface area (TPSA) is 37.4 Å². The van der Waals surface area contributed by atoms with Crippen LogP contribution >= 0.6 is 15.9 Å². The van der Waals surface area contributed by atoms with Gasteiger partial charge >= 0.3 is 0 Å². The molecule has 0 aliphatic carbocycles. The number of piperidine rings is 1. The Morgan fingerprint density at radius 2 is 2.16 bits per heavy atom. The van der Waals surface area contributed by atoms with Crippen LogP contribution in [-0.2, 0) is 4.84 Å². The first-order valence-corrected chi connectivity index (χ1v) is 7.58. The molecule has 1 aromatic rings. The minimum atomic E-state index is 0.124. The van der Waals surface area contributed by atoms with E-state index in [-0.39, 0.29) is 6.10 Å². The Morgan fingerprint density at radius 1 is 1.32 bits per heavy atom. The van der Waals surface area contributed by atoms with Crippen LogP contribution in [0, 0.1) is 0 Å². The summed E-state index contributed by atoms with van der Waals surface area (Å²) in [6.45, 7) is 3.35. The molecule has 0 radical (unpaired) electrons. The van der Waals surface area contributed by atoms with Crippen LogP contribution in [0.5, 0.6) is 0 Å². The molecule has 0 amide bonds. The second-order valence-corrected chi connectivity index (χ2v) is 5.98. The SMILES string of the molecule is Brc1ccc(C2=C[C@@H](CN3CCCCC3)ON2)nc1. The van der Waals surface area contributed by atoms with Gasteiger partial charge in [-0.25, -0.2) is 0 Å². The number of hydrogen-bond acceptors (Lipinski definition) is 4. The molecule has 0 bridgehead atoms. The molecule has 1 fully saturated rings. The van der Waals surface area contributed by atoms with Gasteiger partial charge in [0.05, 0.1) is 11.4 Å². The molecule has 1 atom stereocenters. The molecule has 1 N–H and O–H groups in total. The normalized spacial score (nSPS) is 24.1. The van der Waals surface area contributed by atoms with E-state index < -0.39 is 0 Å². The summed E-state index contributed by atoms with van der Waals surface area (Å²) in [6.07, 6.45) is 8.04. The quantitative estimate of drug-likeness (QED) is 0.927. The molecule has 4 nitrogen and oxygen atoms in total. The lowest BCUT2D eigenvalue weighted by Gasteiger charge is -2.27. The Balaban J connectivity index is 1.62. The summed E-state index contributed by atoms with van der Waals surface area (Å²) in [5, 5.41) is 0. The molecule has 102 valence electrons. The molecular formula is C14H18BrN3O. The van der Waals surface area contributed by atoms with E-state index in [4.69, 9.17) is 4.84 Å². The highest BCUT2D eigenvalue weighted by atomic mass is 79.9. The predicted molar refractivity (Wildman–Crippen MR) is 78.2 cm³/mol. The van der Waals surface area contributed by atoms with Gasteiger partial charge in [-0.3, -0.25) is 15.3 Å². The highest BCUT2D eigenvalue weighted by Gasteiger charge is 2.21. The number of nitrogens with one attached hydrogen (secondary N) is 1. The molecule has 5 heteroatoms. The largest absolute Gasteiger partial charge is 0.300 e. The van der Waals surface area contributed by atoms with Crippen LogP contribution in [0.25, 0.3) is 5.70 Å². The summed E-state index contributed by atoms with van der Waals surface area (Å²) < 4.78 is 0.987. The highest BCUT2D eigenvalue weighted by Crippen LogP contribution is 2.19. The maximum absolute atomic E-state index is 5.62. The fourth-order valence-electron chi connectivity index (χ4n) is 2.55. The predicted octanol–water partition coefficient (Wildman–Crippen LogP) is 2.57. The Hall–Kier alpha value is -0.910. The van der Waals surface area contributed by atoms with E-state index in [9.17, 15) is 0 Å². The third-order valence-electron chi connectivity index (χ3n) is 3.56. The van der Waals surface area contributed by atoms with Gasteiger partial charge in [-0.2, -0.15) is 0 Å². The third-order valence-corrected chi connectivity index (χ3v) is 4.03. The molecule has 3 rings (SSSR count). The van der Waals surface area contributed by atoms with Gasteiger partial charge in [0.2, 0.25) is 0 Å². The fraction of sp³-hybridized carbons (Fsp3) is 0.500. The van der Waals surface area contributed by atoms with Crippen molar-refractivity contribution in [1.82, 2.24) is 15.4 Å². The van der Waals surface area contributed by atoms with Gasteiger partial charge in [0.15, 0.2) is 0 Å². The maximum Gasteiger partial charge on any atom is 0.119 e. The number of nitrogens with zero attached hydrogens (tertiary/aromatic N) is 2. The van der Waals surface area contributed by atoms with Crippen LogP contribution in [-0.4, -0.2) is 35.6 Å². The first-order valence-electron chi connectivity index (χ1n) is 6.79. The van der Waals surface area contributed by atoms with Crippen molar-refractivity contribution in [3.05, 3.63) is 34.6 Å². The van der Waals surface area contributed by atoms with Crippen LogP contribution in [0.1, 0.15) is 25.0 Å². The number of rotatable bonds is 3. The smallest absolute Gasteiger partial charge is 0.119 e. The Kier molecular flexibility index (Phi) is 4.15. The zero-order chi connectivity index (χ0) is 13.1. The first kappa shape index (κ1) is 13.1. The van der Waals surface area contributed by atoms with E-state index in [1.807, 2.05) is 12.1 Å². The number of likely N-dealkylation sites (tertiary alicyclic amines) is 1.